The van der Waals surface area contributed by atoms with Gasteiger partial charge in [0.1, 0.15) is 24.4 Å². The highest BCUT2D eigenvalue weighted by Crippen LogP contribution is 2.24. The topological polar surface area (TPSA) is 143 Å². The molecule has 0 aromatic carbocycles. The van der Waals surface area contributed by atoms with Gasteiger partial charge in [-0.25, -0.2) is 0 Å². The maximum absolute atomic E-state index is 12.2. The molecule has 4 N–H and O–H groups in total. The highest BCUT2D eigenvalue weighted by atomic mass is 16.7. The van der Waals surface area contributed by atoms with E-state index in [-0.39, 0.29) is 12.8 Å². The van der Waals surface area contributed by atoms with Crippen LogP contribution in [0.2, 0.25) is 0 Å². The number of carbonyl (C=O) groups excluding carboxylic acids is 1. The molecule has 1 rings (SSSR count). The van der Waals surface area contributed by atoms with E-state index in [0.717, 1.165) is 0 Å². The Morgan fingerprint density at radius 3 is 2.11 bits per heavy atom. The highest BCUT2D eigenvalue weighted by molar-refractivity contribution is 5.72. The fourth-order valence-electron chi connectivity index (χ4n) is 2.99. The summed E-state index contributed by atoms with van der Waals surface area (Å²) < 4.78 is 16.3. The Hall–Kier alpha value is -1.26. The van der Waals surface area contributed by atoms with Crippen LogP contribution in [-0.2, 0) is 23.8 Å². The van der Waals surface area contributed by atoms with E-state index in [0.29, 0.717) is 25.7 Å². The molecule has 1 aliphatic rings. The molecule has 0 bridgehead atoms. The fourth-order valence-corrected chi connectivity index (χ4v) is 2.99. The molecule has 1 saturated heterocycles. The second kappa shape index (κ2) is 11.6. The van der Waals surface area contributed by atoms with E-state index >= 15 is 0 Å². The second-order valence-electron chi connectivity index (χ2n) is 6.93. The van der Waals surface area contributed by atoms with Crippen molar-refractivity contribution in [2.45, 2.75) is 102 Å². The summed E-state index contributed by atoms with van der Waals surface area (Å²) >= 11 is 0. The van der Waals surface area contributed by atoms with Crippen LogP contribution in [0, 0.1) is 0 Å². The van der Waals surface area contributed by atoms with Crippen LogP contribution < -0.4 is 0 Å². The minimum absolute atomic E-state index is 0.132. The van der Waals surface area contributed by atoms with Crippen molar-refractivity contribution in [1.29, 1.82) is 0 Å². The summed E-state index contributed by atoms with van der Waals surface area (Å²) in [5.41, 5.74) is 0. The van der Waals surface area contributed by atoms with Crippen LogP contribution in [0.3, 0.4) is 0 Å². The molecular formula is C18H32O9. The van der Waals surface area contributed by atoms with Gasteiger partial charge in [0.05, 0.1) is 25.0 Å². The molecule has 0 saturated carbocycles. The van der Waals surface area contributed by atoms with E-state index in [9.17, 15) is 24.9 Å². The first kappa shape index (κ1) is 23.8. The van der Waals surface area contributed by atoms with Gasteiger partial charge in [0.15, 0.2) is 6.29 Å². The maximum atomic E-state index is 12.2. The summed E-state index contributed by atoms with van der Waals surface area (Å²) in [7, 11) is 0. The van der Waals surface area contributed by atoms with Crippen molar-refractivity contribution < 1.29 is 44.2 Å². The van der Waals surface area contributed by atoms with Crippen LogP contribution in [0.5, 0.6) is 0 Å². The van der Waals surface area contributed by atoms with Gasteiger partial charge in [0, 0.05) is 0 Å². The Balaban J connectivity index is 2.66. The number of aliphatic hydroxyl groups is 3. The molecule has 1 heterocycles. The van der Waals surface area contributed by atoms with Crippen molar-refractivity contribution in [3.63, 3.8) is 0 Å². The smallest absolute Gasteiger partial charge is 0.308 e. The zero-order chi connectivity index (χ0) is 20.6. The average Bonchev–Trinajstić information content (AvgIpc) is 2.57. The molecule has 7 atom stereocenters. The summed E-state index contributed by atoms with van der Waals surface area (Å²) in [6, 6.07) is 0. The van der Waals surface area contributed by atoms with Gasteiger partial charge in [0.25, 0.3) is 0 Å². The third-order valence-corrected chi connectivity index (χ3v) is 4.45. The summed E-state index contributed by atoms with van der Waals surface area (Å²) in [4.78, 5) is 23.1. The SMILES string of the molecule is CCCC(CC(=O)O)OC(=O)CC(CCC)O[C@@H]1OC(C)[C@H](O)[C@H](O)C1O. The molecular weight excluding hydrogens is 360 g/mol. The number of ether oxygens (including phenoxy) is 3. The molecule has 1 aliphatic heterocycles. The largest absolute Gasteiger partial charge is 0.481 e. The molecule has 0 aromatic rings. The lowest BCUT2D eigenvalue weighted by molar-refractivity contribution is -0.304. The standard InChI is InChI=1S/C18H32O9/c1-4-6-11(8-13(19)20)26-14(21)9-12(7-5-2)27-18-17(24)16(23)15(22)10(3)25-18/h10-12,15-18,22-24H,4-9H2,1-3H3,(H,19,20)/t10?,11?,12?,15-,16-,17?,18-/m0/s1. The number of hydrogen-bond donors (Lipinski definition) is 4. The summed E-state index contributed by atoms with van der Waals surface area (Å²) in [6.07, 6.45) is -5.47. The second-order valence-corrected chi connectivity index (χ2v) is 6.93. The van der Waals surface area contributed by atoms with Crippen LogP contribution in [0.25, 0.3) is 0 Å². The number of esters is 1. The number of hydrogen-bond acceptors (Lipinski definition) is 8. The van der Waals surface area contributed by atoms with Gasteiger partial charge in [-0.15, -0.1) is 0 Å². The van der Waals surface area contributed by atoms with Crippen LogP contribution in [0.1, 0.15) is 59.3 Å². The Bertz CT molecular complexity index is 470. The van der Waals surface area contributed by atoms with Crippen molar-refractivity contribution in [3.05, 3.63) is 0 Å². The van der Waals surface area contributed by atoms with E-state index < -0.39 is 54.9 Å². The molecule has 0 radical (unpaired) electrons. The lowest BCUT2D eigenvalue weighted by Gasteiger charge is -2.40. The molecule has 0 aliphatic carbocycles. The van der Waals surface area contributed by atoms with Crippen LogP contribution in [-0.4, -0.2) is 75.3 Å². The van der Waals surface area contributed by atoms with Gasteiger partial charge in [-0.1, -0.05) is 26.7 Å². The predicted molar refractivity (Wildman–Crippen MR) is 93.8 cm³/mol. The van der Waals surface area contributed by atoms with Gasteiger partial charge in [-0.2, -0.15) is 0 Å². The quantitative estimate of drug-likeness (QED) is 0.371. The maximum Gasteiger partial charge on any atom is 0.308 e. The van der Waals surface area contributed by atoms with Crippen molar-refractivity contribution in [3.8, 4) is 0 Å². The van der Waals surface area contributed by atoms with Gasteiger partial charge in [0.2, 0.25) is 0 Å². The molecule has 0 aromatic heterocycles. The van der Waals surface area contributed by atoms with E-state index in [1.165, 1.54) is 0 Å². The highest BCUT2D eigenvalue weighted by Gasteiger charge is 2.43. The molecule has 1 fully saturated rings. The number of carbonyl (C=O) groups is 2. The lowest BCUT2D eigenvalue weighted by atomic mass is 10.00. The van der Waals surface area contributed by atoms with Crippen LogP contribution in [0.15, 0.2) is 0 Å². The summed E-state index contributed by atoms with van der Waals surface area (Å²) in [5, 5.41) is 38.5. The third-order valence-electron chi connectivity index (χ3n) is 4.45. The first-order chi connectivity index (χ1) is 12.7. The van der Waals surface area contributed by atoms with Crippen LogP contribution >= 0.6 is 0 Å². The molecule has 9 nitrogen and oxygen atoms in total. The molecule has 0 amide bonds. The molecule has 27 heavy (non-hydrogen) atoms. The summed E-state index contributed by atoms with van der Waals surface area (Å²) in [5.74, 6) is -1.63. The number of rotatable bonds is 11. The number of carboxylic acid groups (broad SMARTS) is 1. The van der Waals surface area contributed by atoms with Gasteiger partial charge < -0.3 is 34.6 Å². The van der Waals surface area contributed by atoms with Gasteiger partial charge in [-0.05, 0) is 19.8 Å². The first-order valence-corrected chi connectivity index (χ1v) is 9.45. The zero-order valence-electron chi connectivity index (χ0n) is 16.1. The zero-order valence-corrected chi connectivity index (χ0v) is 16.1. The van der Waals surface area contributed by atoms with E-state index in [1.807, 2.05) is 13.8 Å². The molecule has 9 heteroatoms. The summed E-state index contributed by atoms with van der Waals surface area (Å²) in [6.45, 7) is 5.31. The fraction of sp³-hybridized carbons (Fsp3) is 0.889. The first-order valence-electron chi connectivity index (χ1n) is 9.45. The Morgan fingerprint density at radius 2 is 1.56 bits per heavy atom. The van der Waals surface area contributed by atoms with Crippen molar-refractivity contribution >= 4 is 11.9 Å². The Kier molecular flexibility index (Phi) is 10.2. The normalized spacial score (nSPS) is 30.5. The van der Waals surface area contributed by atoms with Crippen molar-refractivity contribution in [2.24, 2.45) is 0 Å². The van der Waals surface area contributed by atoms with Gasteiger partial charge in [-0.3, -0.25) is 9.59 Å². The molecule has 0 spiro atoms. The minimum atomic E-state index is -1.45. The number of carboxylic acids is 1. The molecule has 158 valence electrons. The van der Waals surface area contributed by atoms with Crippen LogP contribution in [0.4, 0.5) is 0 Å². The monoisotopic (exact) mass is 392 g/mol. The predicted octanol–water partition coefficient (Wildman–Crippen LogP) is 0.576. The van der Waals surface area contributed by atoms with Gasteiger partial charge >= 0.3 is 11.9 Å². The Morgan fingerprint density at radius 1 is 0.963 bits per heavy atom. The van der Waals surface area contributed by atoms with E-state index in [2.05, 4.69) is 0 Å². The van der Waals surface area contributed by atoms with Crippen molar-refractivity contribution in [1.82, 2.24) is 0 Å². The number of aliphatic carboxylic acids is 1. The van der Waals surface area contributed by atoms with Crippen molar-refractivity contribution in [2.75, 3.05) is 0 Å². The molecule has 4 unspecified atom stereocenters. The Labute approximate surface area is 159 Å². The average molecular weight is 392 g/mol. The lowest BCUT2D eigenvalue weighted by Crippen LogP contribution is -2.58. The third kappa shape index (κ3) is 7.71. The number of aliphatic hydroxyl groups excluding tert-OH is 3. The van der Waals surface area contributed by atoms with E-state index in [1.54, 1.807) is 6.92 Å². The minimum Gasteiger partial charge on any atom is -0.481 e. The van der Waals surface area contributed by atoms with E-state index in [4.69, 9.17) is 19.3 Å².